The molecule has 0 N–H and O–H groups in total. The molecule has 0 aliphatic rings. The number of carbonyl (C=O) groups excluding carboxylic acids is 1. The minimum Gasteiger partial charge on any atom is -0.465 e. The Morgan fingerprint density at radius 3 is 2.23 bits per heavy atom. The quantitative estimate of drug-likeness (QED) is 0.742. The Kier molecular flexibility index (Phi) is 5.37. The van der Waals surface area contributed by atoms with Crippen molar-refractivity contribution in [3.8, 4) is 0 Å². The first kappa shape index (κ1) is 16.7. The van der Waals surface area contributed by atoms with Gasteiger partial charge in [-0.15, -0.1) is 0 Å². The summed E-state index contributed by atoms with van der Waals surface area (Å²) < 4.78 is 31.4. The summed E-state index contributed by atoms with van der Waals surface area (Å²) in [6, 6.07) is 14.6. The van der Waals surface area contributed by atoms with Crippen molar-refractivity contribution in [1.82, 2.24) is 0 Å². The van der Waals surface area contributed by atoms with E-state index in [0.717, 1.165) is 4.47 Å². The van der Waals surface area contributed by atoms with Crippen LogP contribution in [0.4, 0.5) is 0 Å². The first-order valence-electron chi connectivity index (χ1n) is 6.68. The first-order chi connectivity index (χ1) is 10.5. The summed E-state index contributed by atoms with van der Waals surface area (Å²) in [5.74, 6) is -0.767. The van der Waals surface area contributed by atoms with Crippen LogP contribution in [-0.4, -0.2) is 21.0 Å². The second-order valence-corrected chi connectivity index (χ2v) is 7.49. The lowest BCUT2D eigenvalue weighted by molar-refractivity contribution is -0.142. The third-order valence-electron chi connectivity index (χ3n) is 3.06. The van der Waals surface area contributed by atoms with E-state index in [4.69, 9.17) is 4.74 Å². The van der Waals surface area contributed by atoms with Gasteiger partial charge in [0, 0.05) is 4.47 Å². The van der Waals surface area contributed by atoms with E-state index in [2.05, 4.69) is 15.9 Å². The zero-order valence-corrected chi connectivity index (χ0v) is 14.3. The largest absolute Gasteiger partial charge is 0.465 e. The third-order valence-corrected chi connectivity index (χ3v) is 5.60. The van der Waals surface area contributed by atoms with Crippen LogP contribution in [0.15, 0.2) is 64.0 Å². The fourth-order valence-corrected chi connectivity index (χ4v) is 3.94. The molecule has 0 aliphatic carbocycles. The minimum atomic E-state index is -3.89. The molecule has 0 heterocycles. The fourth-order valence-electron chi connectivity index (χ4n) is 2.05. The Labute approximate surface area is 138 Å². The number of carbonyl (C=O) groups is 1. The van der Waals surface area contributed by atoms with E-state index in [-0.39, 0.29) is 11.5 Å². The van der Waals surface area contributed by atoms with Gasteiger partial charge in [0.2, 0.25) is 0 Å². The van der Waals surface area contributed by atoms with Crippen molar-refractivity contribution in [2.45, 2.75) is 17.1 Å². The van der Waals surface area contributed by atoms with E-state index >= 15 is 0 Å². The van der Waals surface area contributed by atoms with E-state index in [9.17, 15) is 13.2 Å². The Bertz CT molecular complexity index is 739. The first-order valence-corrected chi connectivity index (χ1v) is 9.01. The highest BCUT2D eigenvalue weighted by Gasteiger charge is 2.36. The van der Waals surface area contributed by atoms with Crippen LogP contribution in [-0.2, 0) is 19.4 Å². The van der Waals surface area contributed by atoms with Crippen LogP contribution in [0.5, 0.6) is 0 Å². The number of benzene rings is 2. The van der Waals surface area contributed by atoms with Crippen LogP contribution in [0.3, 0.4) is 0 Å². The number of rotatable bonds is 5. The van der Waals surface area contributed by atoms with Gasteiger partial charge in [-0.1, -0.05) is 46.3 Å². The summed E-state index contributed by atoms with van der Waals surface area (Å²) in [4.78, 5) is 12.3. The van der Waals surface area contributed by atoms with Gasteiger partial charge in [-0.2, -0.15) is 0 Å². The molecule has 1 unspecified atom stereocenters. The molecule has 0 fully saturated rings. The molecule has 0 saturated carbocycles. The lowest BCUT2D eigenvalue weighted by Crippen LogP contribution is -2.24. The summed E-state index contributed by atoms with van der Waals surface area (Å²) in [6.07, 6.45) is 0. The fraction of sp³-hybridized carbons (Fsp3) is 0.188. The van der Waals surface area contributed by atoms with Crippen molar-refractivity contribution in [1.29, 1.82) is 0 Å². The van der Waals surface area contributed by atoms with Gasteiger partial charge in [0.25, 0.3) is 0 Å². The van der Waals surface area contributed by atoms with Gasteiger partial charge < -0.3 is 4.74 Å². The highest BCUT2D eigenvalue weighted by molar-refractivity contribution is 9.10. The van der Waals surface area contributed by atoms with Gasteiger partial charge in [0.1, 0.15) is 0 Å². The molecular formula is C16H15BrO4S. The molecule has 0 bridgehead atoms. The third kappa shape index (κ3) is 3.56. The van der Waals surface area contributed by atoms with Crippen LogP contribution in [0.2, 0.25) is 0 Å². The normalized spacial score (nSPS) is 12.6. The molecule has 2 aromatic rings. The van der Waals surface area contributed by atoms with Crippen molar-refractivity contribution < 1.29 is 17.9 Å². The van der Waals surface area contributed by atoms with Crippen LogP contribution in [0.1, 0.15) is 17.7 Å². The average molecular weight is 383 g/mol. The molecule has 0 amide bonds. The zero-order valence-electron chi connectivity index (χ0n) is 11.9. The summed E-state index contributed by atoms with van der Waals surface area (Å²) in [5, 5.41) is -1.37. The molecule has 116 valence electrons. The number of halogens is 1. The van der Waals surface area contributed by atoms with Crippen LogP contribution < -0.4 is 0 Å². The van der Waals surface area contributed by atoms with E-state index in [1.165, 1.54) is 12.1 Å². The molecule has 6 heteroatoms. The van der Waals surface area contributed by atoms with Crippen LogP contribution >= 0.6 is 15.9 Å². The van der Waals surface area contributed by atoms with E-state index in [1.807, 2.05) is 0 Å². The molecule has 2 aromatic carbocycles. The summed E-state index contributed by atoms with van der Waals surface area (Å²) in [7, 11) is -3.89. The van der Waals surface area contributed by atoms with E-state index in [1.54, 1.807) is 49.4 Å². The van der Waals surface area contributed by atoms with E-state index < -0.39 is 21.1 Å². The maximum absolute atomic E-state index is 12.8. The Morgan fingerprint density at radius 1 is 1.09 bits per heavy atom. The molecule has 0 spiro atoms. The predicted molar refractivity (Wildman–Crippen MR) is 87.1 cm³/mol. The summed E-state index contributed by atoms with van der Waals surface area (Å²) in [5.41, 5.74) is 0.392. The molecule has 0 saturated heterocycles. The molecule has 22 heavy (non-hydrogen) atoms. The lowest BCUT2D eigenvalue weighted by atomic mass is 10.1. The second-order valence-electron chi connectivity index (χ2n) is 4.54. The zero-order chi connectivity index (χ0) is 16.2. The molecule has 4 nitrogen and oxygen atoms in total. The van der Waals surface area contributed by atoms with Gasteiger partial charge in [0.15, 0.2) is 15.1 Å². The SMILES string of the molecule is CCOC(=O)C(c1ccccc1)S(=O)(=O)c1ccc(Br)cc1. The van der Waals surface area contributed by atoms with Gasteiger partial charge >= 0.3 is 5.97 Å². The van der Waals surface area contributed by atoms with Gasteiger partial charge in [-0.05, 0) is 36.8 Å². The van der Waals surface area contributed by atoms with Crippen LogP contribution in [0.25, 0.3) is 0 Å². The number of hydrogen-bond donors (Lipinski definition) is 0. The number of hydrogen-bond acceptors (Lipinski definition) is 4. The van der Waals surface area contributed by atoms with Crippen molar-refractivity contribution in [3.63, 3.8) is 0 Å². The van der Waals surface area contributed by atoms with Crippen molar-refractivity contribution in [2.75, 3.05) is 6.61 Å². The Balaban J connectivity index is 2.53. The molecule has 1 atom stereocenters. The molecular weight excluding hydrogens is 368 g/mol. The second kappa shape index (κ2) is 7.07. The van der Waals surface area contributed by atoms with Crippen LogP contribution in [0, 0.1) is 0 Å². The predicted octanol–water partition coefficient (Wildman–Crippen LogP) is 3.53. The standard InChI is InChI=1S/C16H15BrO4S/c1-2-21-16(18)15(12-6-4-3-5-7-12)22(19,20)14-10-8-13(17)9-11-14/h3-11,15H,2H2,1H3. The maximum atomic E-state index is 12.8. The summed E-state index contributed by atoms with van der Waals surface area (Å²) in [6.45, 7) is 1.77. The summed E-state index contributed by atoms with van der Waals surface area (Å²) >= 11 is 3.26. The van der Waals surface area contributed by atoms with E-state index in [0.29, 0.717) is 5.56 Å². The Morgan fingerprint density at radius 2 is 1.68 bits per heavy atom. The maximum Gasteiger partial charge on any atom is 0.329 e. The van der Waals surface area contributed by atoms with Crippen molar-refractivity contribution in [2.24, 2.45) is 0 Å². The molecule has 0 aliphatic heterocycles. The highest BCUT2D eigenvalue weighted by Crippen LogP contribution is 2.30. The molecule has 0 aromatic heterocycles. The highest BCUT2D eigenvalue weighted by atomic mass is 79.9. The average Bonchev–Trinajstić information content (AvgIpc) is 2.49. The lowest BCUT2D eigenvalue weighted by Gasteiger charge is -2.17. The number of esters is 1. The van der Waals surface area contributed by atoms with Gasteiger partial charge in [-0.3, -0.25) is 4.79 Å². The van der Waals surface area contributed by atoms with Crippen molar-refractivity contribution >= 4 is 31.7 Å². The number of ether oxygens (including phenoxy) is 1. The van der Waals surface area contributed by atoms with Gasteiger partial charge in [-0.25, -0.2) is 8.42 Å². The topological polar surface area (TPSA) is 60.4 Å². The minimum absolute atomic E-state index is 0.0811. The van der Waals surface area contributed by atoms with Crippen molar-refractivity contribution in [3.05, 3.63) is 64.6 Å². The Hall–Kier alpha value is -1.66. The monoisotopic (exact) mass is 382 g/mol. The molecule has 0 radical (unpaired) electrons. The smallest absolute Gasteiger partial charge is 0.329 e. The number of sulfone groups is 1. The molecule has 2 rings (SSSR count). The van der Waals surface area contributed by atoms with Gasteiger partial charge in [0.05, 0.1) is 11.5 Å².